The lowest BCUT2D eigenvalue weighted by atomic mass is 10.0. The fourth-order valence-corrected chi connectivity index (χ4v) is 3.51. The van der Waals surface area contributed by atoms with Gasteiger partial charge in [-0.1, -0.05) is 12.1 Å². The van der Waals surface area contributed by atoms with Crippen LogP contribution in [0.25, 0.3) is 0 Å². The number of aliphatic imine (C=N–C) groups is 1. The molecule has 0 unspecified atom stereocenters. The van der Waals surface area contributed by atoms with Crippen LogP contribution in [-0.4, -0.2) is 77.1 Å². The van der Waals surface area contributed by atoms with Gasteiger partial charge >= 0.3 is 18.2 Å². The lowest BCUT2D eigenvalue weighted by molar-refractivity contribution is 0.0343. The molecule has 1 aromatic carbocycles. The normalized spacial score (nSPS) is 15.9. The van der Waals surface area contributed by atoms with Gasteiger partial charge in [0, 0.05) is 32.9 Å². The Morgan fingerprint density at radius 1 is 1.06 bits per heavy atom. The molecule has 1 heterocycles. The zero-order valence-corrected chi connectivity index (χ0v) is 21.4. The highest BCUT2D eigenvalue weighted by Crippen LogP contribution is 2.22. The van der Waals surface area contributed by atoms with E-state index in [0.717, 1.165) is 5.56 Å². The summed E-state index contributed by atoms with van der Waals surface area (Å²) in [5.41, 5.74) is 5.66. The van der Waals surface area contributed by atoms with Gasteiger partial charge in [0.05, 0.1) is 12.5 Å². The van der Waals surface area contributed by atoms with Gasteiger partial charge in [0.25, 0.3) is 0 Å². The van der Waals surface area contributed by atoms with Crippen molar-refractivity contribution < 1.29 is 23.9 Å². The lowest BCUT2D eigenvalue weighted by Gasteiger charge is -2.39. The Kier molecular flexibility index (Phi) is 8.18. The molecular formula is C24H37N5O5. The second-order valence-electron chi connectivity index (χ2n) is 10.5. The standard InChI is InChI=1S/C24H37N5O5/c1-23(2,3)33-20(30)26-19(17-14-27(7)21(31)28(8)15-17)29(22(32)34-24(4,5)6)13-16-10-9-11-18(25)12-16/h9-12,17H,13-15,25H2,1-8H3. The first-order chi connectivity index (χ1) is 15.6. The maximum atomic E-state index is 13.4. The molecule has 0 radical (unpaired) electrons. The summed E-state index contributed by atoms with van der Waals surface area (Å²) in [6.07, 6.45) is -1.50. The van der Waals surface area contributed by atoms with E-state index in [-0.39, 0.29) is 31.5 Å². The van der Waals surface area contributed by atoms with Crippen molar-refractivity contribution in [3.05, 3.63) is 29.8 Å². The van der Waals surface area contributed by atoms with Gasteiger partial charge in [-0.15, -0.1) is 0 Å². The van der Waals surface area contributed by atoms with Crippen molar-refractivity contribution in [2.45, 2.75) is 59.3 Å². The van der Waals surface area contributed by atoms with Gasteiger partial charge < -0.3 is 25.0 Å². The summed E-state index contributed by atoms with van der Waals surface area (Å²) in [5.74, 6) is -0.286. The molecule has 1 aliphatic heterocycles. The van der Waals surface area contributed by atoms with E-state index in [1.165, 1.54) is 14.7 Å². The van der Waals surface area contributed by atoms with Gasteiger partial charge in [-0.05, 0) is 59.2 Å². The number of hydrogen-bond acceptors (Lipinski definition) is 6. The molecule has 188 valence electrons. The Morgan fingerprint density at radius 3 is 2.12 bits per heavy atom. The number of ether oxygens (including phenoxy) is 2. The minimum atomic E-state index is -0.828. The van der Waals surface area contributed by atoms with Gasteiger partial charge in [0.1, 0.15) is 17.0 Å². The van der Waals surface area contributed by atoms with Crippen LogP contribution in [0.5, 0.6) is 0 Å². The number of nitrogens with two attached hydrogens (primary N) is 1. The van der Waals surface area contributed by atoms with E-state index in [9.17, 15) is 14.4 Å². The Hall–Kier alpha value is -3.30. The molecular weight excluding hydrogens is 438 g/mol. The molecule has 0 aliphatic carbocycles. The van der Waals surface area contributed by atoms with Gasteiger partial charge in [-0.2, -0.15) is 4.99 Å². The van der Waals surface area contributed by atoms with E-state index < -0.39 is 29.3 Å². The summed E-state index contributed by atoms with van der Waals surface area (Å²) in [6.45, 7) is 11.1. The Balaban J connectivity index is 2.56. The van der Waals surface area contributed by atoms with Crippen LogP contribution in [0.3, 0.4) is 0 Å². The first-order valence-corrected chi connectivity index (χ1v) is 11.2. The van der Waals surface area contributed by atoms with Crippen molar-refractivity contribution >= 4 is 29.7 Å². The molecule has 1 aromatic rings. The van der Waals surface area contributed by atoms with Crippen LogP contribution in [0, 0.1) is 5.92 Å². The van der Waals surface area contributed by atoms with Crippen LogP contribution < -0.4 is 5.73 Å². The van der Waals surface area contributed by atoms with E-state index in [1.54, 1.807) is 73.8 Å². The highest BCUT2D eigenvalue weighted by Gasteiger charge is 2.37. The Morgan fingerprint density at radius 2 is 1.62 bits per heavy atom. The van der Waals surface area contributed by atoms with E-state index in [4.69, 9.17) is 15.2 Å². The number of nitrogens with zero attached hydrogens (tertiary/aromatic N) is 4. The maximum absolute atomic E-state index is 13.4. The zero-order chi connectivity index (χ0) is 25.8. The van der Waals surface area contributed by atoms with E-state index >= 15 is 0 Å². The molecule has 0 spiro atoms. The van der Waals surface area contributed by atoms with Gasteiger partial charge in [-0.3, -0.25) is 4.90 Å². The quantitative estimate of drug-likeness (QED) is 0.402. The van der Waals surface area contributed by atoms with Crippen LogP contribution in [0.4, 0.5) is 20.1 Å². The van der Waals surface area contributed by atoms with Crippen molar-refractivity contribution in [2.24, 2.45) is 10.9 Å². The number of benzene rings is 1. The summed E-state index contributed by atoms with van der Waals surface area (Å²) in [5, 5.41) is 0. The molecule has 2 N–H and O–H groups in total. The second kappa shape index (κ2) is 10.3. The summed E-state index contributed by atoms with van der Waals surface area (Å²) < 4.78 is 11.1. The second-order valence-corrected chi connectivity index (χ2v) is 10.5. The summed E-state index contributed by atoms with van der Waals surface area (Å²) in [4.78, 5) is 47.1. The summed E-state index contributed by atoms with van der Waals surface area (Å²) in [6, 6.07) is 6.93. The van der Waals surface area contributed by atoms with Crippen LogP contribution >= 0.6 is 0 Å². The summed E-state index contributed by atoms with van der Waals surface area (Å²) in [7, 11) is 3.32. The molecule has 0 saturated carbocycles. The molecule has 1 saturated heterocycles. The van der Waals surface area contributed by atoms with Crippen LogP contribution in [-0.2, 0) is 16.0 Å². The van der Waals surface area contributed by atoms with E-state index in [0.29, 0.717) is 5.69 Å². The van der Waals surface area contributed by atoms with E-state index in [1.807, 2.05) is 6.07 Å². The van der Waals surface area contributed by atoms with Crippen LogP contribution in [0.15, 0.2) is 29.3 Å². The number of nitrogen functional groups attached to an aromatic ring is 1. The predicted molar refractivity (Wildman–Crippen MR) is 130 cm³/mol. The molecule has 4 amide bonds. The van der Waals surface area contributed by atoms with Gasteiger partial charge in [-0.25, -0.2) is 14.4 Å². The molecule has 1 aliphatic rings. The number of amidine groups is 1. The minimum Gasteiger partial charge on any atom is -0.443 e. The van der Waals surface area contributed by atoms with E-state index in [2.05, 4.69) is 4.99 Å². The monoisotopic (exact) mass is 475 g/mol. The number of carbonyl (C=O) groups excluding carboxylic acids is 3. The number of anilines is 1. The van der Waals surface area contributed by atoms with Crippen molar-refractivity contribution in [2.75, 3.05) is 32.9 Å². The molecule has 34 heavy (non-hydrogen) atoms. The van der Waals surface area contributed by atoms with Crippen molar-refractivity contribution in [3.63, 3.8) is 0 Å². The Labute approximate surface area is 201 Å². The predicted octanol–water partition coefficient (Wildman–Crippen LogP) is 3.95. The first-order valence-electron chi connectivity index (χ1n) is 11.2. The minimum absolute atomic E-state index is 0.0689. The fourth-order valence-electron chi connectivity index (χ4n) is 3.51. The average Bonchev–Trinajstić information content (AvgIpc) is 2.65. The number of amides is 4. The van der Waals surface area contributed by atoms with Crippen LogP contribution in [0.1, 0.15) is 47.1 Å². The molecule has 10 heteroatoms. The molecule has 10 nitrogen and oxygen atoms in total. The van der Waals surface area contributed by atoms with Crippen molar-refractivity contribution in [3.8, 4) is 0 Å². The highest BCUT2D eigenvalue weighted by atomic mass is 16.6. The smallest absolute Gasteiger partial charge is 0.435 e. The molecule has 0 aromatic heterocycles. The lowest BCUT2D eigenvalue weighted by Crippen LogP contribution is -2.56. The largest absolute Gasteiger partial charge is 0.443 e. The number of rotatable bonds is 3. The molecule has 1 fully saturated rings. The topological polar surface area (TPSA) is 118 Å². The van der Waals surface area contributed by atoms with Gasteiger partial charge in [0.15, 0.2) is 0 Å². The Bertz CT molecular complexity index is 934. The number of urea groups is 1. The van der Waals surface area contributed by atoms with Gasteiger partial charge in [0.2, 0.25) is 0 Å². The van der Waals surface area contributed by atoms with Crippen molar-refractivity contribution in [1.29, 1.82) is 0 Å². The summed E-state index contributed by atoms with van der Waals surface area (Å²) >= 11 is 0. The first kappa shape index (κ1) is 26.9. The third kappa shape index (κ3) is 7.93. The number of hydrogen-bond donors (Lipinski definition) is 1. The average molecular weight is 476 g/mol. The third-order valence-electron chi connectivity index (χ3n) is 4.79. The molecule has 0 atom stereocenters. The number of carbonyl (C=O) groups is 3. The zero-order valence-electron chi connectivity index (χ0n) is 21.4. The SMILES string of the molecule is CN1CC(C(=NC(=O)OC(C)(C)C)N(Cc2cccc(N)c2)C(=O)OC(C)(C)C)CN(C)C1=O. The van der Waals surface area contributed by atoms with Crippen molar-refractivity contribution in [1.82, 2.24) is 14.7 Å². The third-order valence-corrected chi connectivity index (χ3v) is 4.79. The van der Waals surface area contributed by atoms with Crippen LogP contribution in [0.2, 0.25) is 0 Å². The fraction of sp³-hybridized carbons (Fsp3) is 0.583. The maximum Gasteiger partial charge on any atom is 0.435 e. The highest BCUT2D eigenvalue weighted by molar-refractivity contribution is 6.02. The molecule has 2 rings (SSSR count). The molecule has 0 bridgehead atoms.